The van der Waals surface area contributed by atoms with Gasteiger partial charge in [0.2, 0.25) is 11.6 Å². The fourth-order valence-electron chi connectivity index (χ4n) is 3.85. The topological polar surface area (TPSA) is 64.1 Å². The molecule has 156 valence electrons. The Morgan fingerprint density at radius 3 is 2.29 bits per heavy atom. The second-order valence-electron chi connectivity index (χ2n) is 7.68. The molecular formula is C26H24N2O3. The number of nitrogens with one attached hydrogen (secondary N) is 1. The van der Waals surface area contributed by atoms with E-state index in [9.17, 15) is 9.59 Å². The van der Waals surface area contributed by atoms with Crippen molar-refractivity contribution in [3.05, 3.63) is 106 Å². The highest BCUT2D eigenvalue weighted by Crippen LogP contribution is 2.26. The van der Waals surface area contributed by atoms with Crippen molar-refractivity contribution in [2.75, 3.05) is 7.11 Å². The van der Waals surface area contributed by atoms with E-state index in [-0.39, 0.29) is 11.6 Å². The summed E-state index contributed by atoms with van der Waals surface area (Å²) in [5.74, 6) is 0.240. The van der Waals surface area contributed by atoms with Crippen LogP contribution in [-0.4, -0.2) is 28.2 Å². The molecule has 0 saturated carbocycles. The van der Waals surface area contributed by atoms with Crippen LogP contribution in [0.4, 0.5) is 0 Å². The van der Waals surface area contributed by atoms with Crippen molar-refractivity contribution < 1.29 is 14.3 Å². The van der Waals surface area contributed by atoms with E-state index >= 15 is 0 Å². The maximum atomic E-state index is 13.4. The minimum Gasteiger partial charge on any atom is -0.496 e. The quantitative estimate of drug-likeness (QED) is 0.443. The summed E-state index contributed by atoms with van der Waals surface area (Å²) in [6.45, 7) is 5.87. The van der Waals surface area contributed by atoms with Crippen LogP contribution < -0.4 is 4.74 Å². The standard InChI is InChI=1S/C26H24N2O3/c1-16-7-9-19(18(3)14-16)26(30)24-21(11-12-27-24)28-13-5-6-22(28)25(29)20-10-8-17(2)15-23(20)31-4/h5-15,27H,1-4H3. The summed E-state index contributed by atoms with van der Waals surface area (Å²) in [7, 11) is 1.55. The molecule has 0 bridgehead atoms. The van der Waals surface area contributed by atoms with Gasteiger partial charge in [-0.05, 0) is 62.2 Å². The molecule has 0 radical (unpaired) electrons. The number of carbonyl (C=O) groups is 2. The Hall–Kier alpha value is -3.86. The molecule has 1 N–H and O–H groups in total. The third-order valence-corrected chi connectivity index (χ3v) is 5.42. The molecule has 0 saturated heterocycles. The molecule has 5 nitrogen and oxygen atoms in total. The number of carbonyl (C=O) groups excluding carboxylic acids is 2. The molecule has 0 aliphatic carbocycles. The molecule has 0 aliphatic heterocycles. The lowest BCUT2D eigenvalue weighted by atomic mass is 10.00. The number of hydrogen-bond acceptors (Lipinski definition) is 3. The fourth-order valence-corrected chi connectivity index (χ4v) is 3.85. The van der Waals surface area contributed by atoms with Crippen molar-refractivity contribution in [3.63, 3.8) is 0 Å². The largest absolute Gasteiger partial charge is 0.496 e. The first-order chi connectivity index (χ1) is 14.9. The molecule has 0 aliphatic rings. The van der Waals surface area contributed by atoms with Crippen molar-refractivity contribution in [2.45, 2.75) is 20.8 Å². The normalized spacial score (nSPS) is 10.8. The van der Waals surface area contributed by atoms with Gasteiger partial charge in [0, 0.05) is 18.0 Å². The number of ether oxygens (including phenoxy) is 1. The number of H-pyrrole nitrogens is 1. The molecule has 0 spiro atoms. The maximum absolute atomic E-state index is 13.4. The zero-order chi connectivity index (χ0) is 22.1. The number of hydrogen-bond donors (Lipinski definition) is 1. The highest BCUT2D eigenvalue weighted by atomic mass is 16.5. The molecular weight excluding hydrogens is 388 g/mol. The summed E-state index contributed by atoms with van der Waals surface area (Å²) in [5, 5.41) is 0. The third-order valence-electron chi connectivity index (χ3n) is 5.42. The van der Waals surface area contributed by atoms with E-state index in [2.05, 4.69) is 4.98 Å². The molecule has 2 aromatic carbocycles. The molecule has 0 amide bonds. The number of aryl methyl sites for hydroxylation is 3. The van der Waals surface area contributed by atoms with E-state index in [1.54, 1.807) is 48.3 Å². The van der Waals surface area contributed by atoms with Crippen LogP contribution in [0.15, 0.2) is 67.0 Å². The summed E-state index contributed by atoms with van der Waals surface area (Å²) >= 11 is 0. The van der Waals surface area contributed by atoms with Gasteiger partial charge >= 0.3 is 0 Å². The van der Waals surface area contributed by atoms with Gasteiger partial charge in [-0.25, -0.2) is 0 Å². The maximum Gasteiger partial charge on any atom is 0.213 e. The molecule has 4 rings (SSSR count). The Morgan fingerprint density at radius 2 is 1.58 bits per heavy atom. The summed E-state index contributed by atoms with van der Waals surface area (Å²) in [5.41, 5.74) is 5.66. The van der Waals surface area contributed by atoms with E-state index in [4.69, 9.17) is 4.74 Å². The van der Waals surface area contributed by atoms with Crippen LogP contribution in [0, 0.1) is 20.8 Å². The fraction of sp³-hybridized carbons (Fsp3) is 0.154. The average Bonchev–Trinajstić information content (AvgIpc) is 3.41. The molecule has 0 fully saturated rings. The van der Waals surface area contributed by atoms with Crippen LogP contribution in [0.2, 0.25) is 0 Å². The van der Waals surface area contributed by atoms with E-state index < -0.39 is 0 Å². The Morgan fingerprint density at radius 1 is 0.871 bits per heavy atom. The molecule has 4 aromatic rings. The number of ketones is 2. The first-order valence-electron chi connectivity index (χ1n) is 10.1. The number of methoxy groups -OCH3 is 1. The summed E-state index contributed by atoms with van der Waals surface area (Å²) in [6, 6.07) is 16.6. The van der Waals surface area contributed by atoms with Crippen LogP contribution >= 0.6 is 0 Å². The molecule has 0 unspecified atom stereocenters. The Balaban J connectivity index is 1.77. The minimum atomic E-state index is -0.173. The van der Waals surface area contributed by atoms with E-state index in [0.29, 0.717) is 34.0 Å². The van der Waals surface area contributed by atoms with Crippen LogP contribution in [0.5, 0.6) is 5.75 Å². The van der Waals surface area contributed by atoms with Crippen molar-refractivity contribution in [3.8, 4) is 11.4 Å². The van der Waals surface area contributed by atoms with Gasteiger partial charge in [0.15, 0.2) is 0 Å². The molecule has 0 atom stereocenters. The first-order valence-corrected chi connectivity index (χ1v) is 10.1. The highest BCUT2D eigenvalue weighted by molar-refractivity contribution is 6.12. The number of aromatic nitrogens is 2. The van der Waals surface area contributed by atoms with Gasteiger partial charge in [0.05, 0.1) is 24.1 Å². The summed E-state index contributed by atoms with van der Waals surface area (Å²) in [4.78, 5) is 29.7. The lowest BCUT2D eigenvalue weighted by molar-refractivity contribution is 0.102. The number of benzene rings is 2. The second kappa shape index (κ2) is 8.11. The summed E-state index contributed by atoms with van der Waals surface area (Å²) < 4.78 is 7.17. The van der Waals surface area contributed by atoms with Gasteiger partial charge < -0.3 is 14.3 Å². The second-order valence-corrected chi connectivity index (χ2v) is 7.68. The zero-order valence-electron chi connectivity index (χ0n) is 18.0. The zero-order valence-corrected chi connectivity index (χ0v) is 18.0. The van der Waals surface area contributed by atoms with Gasteiger partial charge in [-0.15, -0.1) is 0 Å². The smallest absolute Gasteiger partial charge is 0.213 e. The van der Waals surface area contributed by atoms with Crippen LogP contribution in [0.25, 0.3) is 5.69 Å². The Kier molecular flexibility index (Phi) is 5.34. The molecule has 31 heavy (non-hydrogen) atoms. The highest BCUT2D eigenvalue weighted by Gasteiger charge is 2.23. The van der Waals surface area contributed by atoms with Crippen molar-refractivity contribution in [2.24, 2.45) is 0 Å². The van der Waals surface area contributed by atoms with Crippen LogP contribution in [0.1, 0.15) is 48.8 Å². The Bertz CT molecular complexity index is 1290. The van der Waals surface area contributed by atoms with Crippen LogP contribution in [-0.2, 0) is 0 Å². The third kappa shape index (κ3) is 3.70. The Labute approximate surface area is 181 Å². The van der Waals surface area contributed by atoms with E-state index in [0.717, 1.165) is 16.7 Å². The van der Waals surface area contributed by atoms with Crippen molar-refractivity contribution in [1.29, 1.82) is 0 Å². The summed E-state index contributed by atoms with van der Waals surface area (Å²) in [6.07, 6.45) is 3.50. The van der Waals surface area contributed by atoms with Gasteiger partial charge in [0.25, 0.3) is 0 Å². The lowest BCUT2D eigenvalue weighted by Gasteiger charge is -2.13. The molecule has 2 aromatic heterocycles. The van der Waals surface area contributed by atoms with Gasteiger partial charge in [0.1, 0.15) is 11.4 Å². The first kappa shape index (κ1) is 20.4. The number of aromatic amines is 1. The minimum absolute atomic E-state index is 0.113. The number of nitrogens with zero attached hydrogens (tertiary/aromatic N) is 1. The predicted molar refractivity (Wildman–Crippen MR) is 121 cm³/mol. The van der Waals surface area contributed by atoms with Gasteiger partial charge in [-0.2, -0.15) is 0 Å². The predicted octanol–water partition coefficient (Wildman–Crippen LogP) is 5.20. The van der Waals surface area contributed by atoms with Crippen molar-refractivity contribution in [1.82, 2.24) is 9.55 Å². The average molecular weight is 412 g/mol. The lowest BCUT2D eigenvalue weighted by Crippen LogP contribution is -2.13. The molecule has 5 heteroatoms. The molecule has 2 heterocycles. The monoisotopic (exact) mass is 412 g/mol. The number of rotatable bonds is 6. The van der Waals surface area contributed by atoms with Crippen LogP contribution in [0.3, 0.4) is 0 Å². The van der Waals surface area contributed by atoms with Crippen molar-refractivity contribution >= 4 is 11.6 Å². The van der Waals surface area contributed by atoms with E-state index in [1.807, 2.05) is 51.1 Å². The van der Waals surface area contributed by atoms with E-state index in [1.165, 1.54) is 0 Å². The SMILES string of the molecule is COc1cc(C)ccc1C(=O)c1cccn1-c1cc[nH]c1C(=O)c1ccc(C)cc1C. The van der Waals surface area contributed by atoms with Gasteiger partial charge in [-0.1, -0.05) is 29.8 Å². The van der Waals surface area contributed by atoms with Gasteiger partial charge in [-0.3, -0.25) is 9.59 Å².